The fourth-order valence-corrected chi connectivity index (χ4v) is 2.51. The summed E-state index contributed by atoms with van der Waals surface area (Å²) in [7, 11) is 0. The first-order valence-electron chi connectivity index (χ1n) is 7.31. The second-order valence-electron chi connectivity index (χ2n) is 5.22. The first-order valence-corrected chi connectivity index (χ1v) is 7.31. The average molecular weight is 247 g/mol. The maximum absolute atomic E-state index is 5.60. The number of ether oxygens (including phenoxy) is 1. The lowest BCUT2D eigenvalue weighted by atomic mass is 9.91. The highest BCUT2D eigenvalue weighted by Gasteiger charge is 2.12. The van der Waals surface area contributed by atoms with Gasteiger partial charge in [0, 0.05) is 0 Å². The Kier molecular flexibility index (Phi) is 5.53. The second-order valence-corrected chi connectivity index (χ2v) is 5.22. The second kappa shape index (κ2) is 7.42. The topological polar surface area (TPSA) is 21.3 Å². The SMILES string of the molecule is CCCOc1ccc(CCC2CCNCC2)cc1. The van der Waals surface area contributed by atoms with Crippen LogP contribution in [-0.2, 0) is 6.42 Å². The molecule has 0 saturated carbocycles. The van der Waals surface area contributed by atoms with Crippen LogP contribution >= 0.6 is 0 Å². The molecule has 0 aliphatic carbocycles. The number of nitrogens with one attached hydrogen (secondary N) is 1. The standard InChI is InChI=1S/C16H25NO/c1-2-13-18-16-7-5-14(6-8-16)3-4-15-9-11-17-12-10-15/h5-8,15,17H,2-4,9-13H2,1H3. The molecule has 1 N–H and O–H groups in total. The highest BCUT2D eigenvalue weighted by Crippen LogP contribution is 2.20. The van der Waals surface area contributed by atoms with Gasteiger partial charge >= 0.3 is 0 Å². The van der Waals surface area contributed by atoms with E-state index in [9.17, 15) is 0 Å². The van der Waals surface area contributed by atoms with E-state index in [-0.39, 0.29) is 0 Å². The lowest BCUT2D eigenvalue weighted by Crippen LogP contribution is -2.27. The largest absolute Gasteiger partial charge is 0.494 e. The van der Waals surface area contributed by atoms with Crippen LogP contribution < -0.4 is 10.1 Å². The number of piperidine rings is 1. The van der Waals surface area contributed by atoms with E-state index in [2.05, 4.69) is 36.5 Å². The van der Waals surface area contributed by atoms with Gasteiger partial charge < -0.3 is 10.1 Å². The molecular formula is C16H25NO. The fourth-order valence-electron chi connectivity index (χ4n) is 2.51. The molecule has 0 atom stereocenters. The zero-order chi connectivity index (χ0) is 12.6. The Labute approximate surface area is 111 Å². The maximum atomic E-state index is 5.60. The predicted octanol–water partition coefficient (Wildman–Crippen LogP) is 3.41. The third kappa shape index (κ3) is 4.34. The number of hydrogen-bond donors (Lipinski definition) is 1. The van der Waals surface area contributed by atoms with Crippen molar-refractivity contribution in [3.63, 3.8) is 0 Å². The van der Waals surface area contributed by atoms with Crippen molar-refractivity contribution in [2.45, 2.75) is 39.0 Å². The van der Waals surface area contributed by atoms with Gasteiger partial charge in [-0.15, -0.1) is 0 Å². The van der Waals surface area contributed by atoms with Crippen LogP contribution in [0.1, 0.15) is 38.2 Å². The van der Waals surface area contributed by atoms with E-state index in [0.717, 1.165) is 24.7 Å². The molecular weight excluding hydrogens is 222 g/mol. The zero-order valence-corrected chi connectivity index (χ0v) is 11.5. The Morgan fingerprint density at radius 2 is 1.89 bits per heavy atom. The predicted molar refractivity (Wildman–Crippen MR) is 76.1 cm³/mol. The molecule has 2 heteroatoms. The molecule has 1 aliphatic rings. The van der Waals surface area contributed by atoms with Crippen molar-refractivity contribution in [1.29, 1.82) is 0 Å². The Morgan fingerprint density at radius 1 is 1.17 bits per heavy atom. The minimum Gasteiger partial charge on any atom is -0.494 e. The minimum atomic E-state index is 0.814. The van der Waals surface area contributed by atoms with Gasteiger partial charge in [-0.2, -0.15) is 0 Å². The van der Waals surface area contributed by atoms with Gasteiger partial charge in [0.05, 0.1) is 6.61 Å². The highest BCUT2D eigenvalue weighted by atomic mass is 16.5. The van der Waals surface area contributed by atoms with E-state index >= 15 is 0 Å². The van der Waals surface area contributed by atoms with Crippen molar-refractivity contribution in [3.05, 3.63) is 29.8 Å². The Balaban J connectivity index is 1.75. The van der Waals surface area contributed by atoms with Crippen LogP contribution in [0.5, 0.6) is 5.75 Å². The lowest BCUT2D eigenvalue weighted by molar-refractivity contribution is 0.317. The summed E-state index contributed by atoms with van der Waals surface area (Å²) in [5.41, 5.74) is 1.44. The van der Waals surface area contributed by atoms with Crippen molar-refractivity contribution < 1.29 is 4.74 Å². The first-order chi connectivity index (χ1) is 8.88. The summed E-state index contributed by atoms with van der Waals surface area (Å²) in [6.07, 6.45) is 6.29. The summed E-state index contributed by atoms with van der Waals surface area (Å²) < 4.78 is 5.60. The highest BCUT2D eigenvalue weighted by molar-refractivity contribution is 5.27. The van der Waals surface area contributed by atoms with Crippen molar-refractivity contribution in [3.8, 4) is 5.75 Å². The van der Waals surface area contributed by atoms with Gasteiger partial charge in [0.25, 0.3) is 0 Å². The van der Waals surface area contributed by atoms with Gasteiger partial charge in [-0.05, 0) is 68.8 Å². The van der Waals surface area contributed by atoms with E-state index in [1.165, 1.54) is 44.3 Å². The number of benzene rings is 1. The fraction of sp³-hybridized carbons (Fsp3) is 0.625. The van der Waals surface area contributed by atoms with Gasteiger partial charge in [-0.3, -0.25) is 0 Å². The summed E-state index contributed by atoms with van der Waals surface area (Å²) in [5.74, 6) is 1.92. The lowest BCUT2D eigenvalue weighted by Gasteiger charge is -2.22. The van der Waals surface area contributed by atoms with Crippen LogP contribution in [0.25, 0.3) is 0 Å². The van der Waals surface area contributed by atoms with Crippen molar-refractivity contribution >= 4 is 0 Å². The average Bonchev–Trinajstić information content (AvgIpc) is 2.45. The first kappa shape index (κ1) is 13.4. The molecule has 1 aliphatic heterocycles. The molecule has 1 fully saturated rings. The van der Waals surface area contributed by atoms with Crippen molar-refractivity contribution in [2.24, 2.45) is 5.92 Å². The quantitative estimate of drug-likeness (QED) is 0.832. The molecule has 1 aromatic carbocycles. The Bertz CT molecular complexity index is 327. The van der Waals surface area contributed by atoms with Crippen LogP contribution in [-0.4, -0.2) is 19.7 Å². The van der Waals surface area contributed by atoms with Crippen LogP contribution in [0, 0.1) is 5.92 Å². The molecule has 0 bridgehead atoms. The van der Waals surface area contributed by atoms with Gasteiger partial charge in [-0.25, -0.2) is 0 Å². The summed E-state index contributed by atoms with van der Waals surface area (Å²) in [6.45, 7) is 5.35. The van der Waals surface area contributed by atoms with Gasteiger partial charge in [0.2, 0.25) is 0 Å². The normalized spacial score (nSPS) is 16.7. The smallest absolute Gasteiger partial charge is 0.119 e. The Morgan fingerprint density at radius 3 is 2.56 bits per heavy atom. The molecule has 1 aromatic rings. The molecule has 2 rings (SSSR count). The Hall–Kier alpha value is -1.02. The summed E-state index contributed by atoms with van der Waals surface area (Å²) in [6, 6.07) is 8.64. The van der Waals surface area contributed by atoms with Gasteiger partial charge in [0.15, 0.2) is 0 Å². The summed E-state index contributed by atoms with van der Waals surface area (Å²) in [4.78, 5) is 0. The number of rotatable bonds is 6. The molecule has 0 radical (unpaired) electrons. The molecule has 0 aromatic heterocycles. The molecule has 0 unspecified atom stereocenters. The molecule has 1 heterocycles. The van der Waals surface area contributed by atoms with E-state index in [1.807, 2.05) is 0 Å². The molecule has 1 saturated heterocycles. The summed E-state index contributed by atoms with van der Waals surface area (Å²) in [5, 5.41) is 3.42. The third-order valence-electron chi connectivity index (χ3n) is 3.70. The van der Waals surface area contributed by atoms with Crippen molar-refractivity contribution in [2.75, 3.05) is 19.7 Å². The van der Waals surface area contributed by atoms with Crippen LogP contribution in [0.2, 0.25) is 0 Å². The van der Waals surface area contributed by atoms with Gasteiger partial charge in [0.1, 0.15) is 5.75 Å². The zero-order valence-electron chi connectivity index (χ0n) is 11.5. The molecule has 0 amide bonds. The number of hydrogen-bond acceptors (Lipinski definition) is 2. The summed E-state index contributed by atoms with van der Waals surface area (Å²) >= 11 is 0. The van der Waals surface area contributed by atoms with Gasteiger partial charge in [-0.1, -0.05) is 19.1 Å². The van der Waals surface area contributed by atoms with E-state index in [1.54, 1.807) is 0 Å². The van der Waals surface area contributed by atoms with E-state index < -0.39 is 0 Å². The van der Waals surface area contributed by atoms with E-state index in [0.29, 0.717) is 0 Å². The van der Waals surface area contributed by atoms with Crippen molar-refractivity contribution in [1.82, 2.24) is 5.32 Å². The third-order valence-corrected chi connectivity index (χ3v) is 3.70. The monoisotopic (exact) mass is 247 g/mol. The molecule has 18 heavy (non-hydrogen) atoms. The number of aryl methyl sites for hydroxylation is 1. The molecule has 100 valence electrons. The molecule has 2 nitrogen and oxygen atoms in total. The molecule has 0 spiro atoms. The van der Waals surface area contributed by atoms with Crippen LogP contribution in [0.15, 0.2) is 24.3 Å². The maximum Gasteiger partial charge on any atom is 0.119 e. The van der Waals surface area contributed by atoms with E-state index in [4.69, 9.17) is 4.74 Å². The van der Waals surface area contributed by atoms with Crippen LogP contribution in [0.4, 0.5) is 0 Å². The van der Waals surface area contributed by atoms with Crippen LogP contribution in [0.3, 0.4) is 0 Å². The minimum absolute atomic E-state index is 0.814.